The van der Waals surface area contributed by atoms with Crippen molar-refractivity contribution in [3.8, 4) is 59.2 Å². The summed E-state index contributed by atoms with van der Waals surface area (Å²) in [5.41, 5.74) is 1.03. The normalized spacial score (nSPS) is 9.85. The molecule has 1 heterocycles. The van der Waals surface area contributed by atoms with E-state index in [2.05, 4.69) is 64.5 Å². The quantitative estimate of drug-likeness (QED) is 0.654. The lowest BCUT2D eigenvalue weighted by atomic mass is 10.2. The van der Waals surface area contributed by atoms with Gasteiger partial charge in [-0.2, -0.15) is 0 Å². The summed E-state index contributed by atoms with van der Waals surface area (Å²) in [5, 5.41) is 2.94. The summed E-state index contributed by atoms with van der Waals surface area (Å²) in [5.74, 6) is 27.2. The number of allylic oxidation sites excluding steroid dienone is 4. The highest BCUT2D eigenvalue weighted by molar-refractivity contribution is 5.45. The highest BCUT2D eigenvalue weighted by atomic mass is 14.8. The number of hydrogen-bond donors (Lipinski definition) is 1. The molecule has 0 aromatic carbocycles. The minimum Gasteiger partial charge on any atom is -0.368 e. The van der Waals surface area contributed by atoms with Crippen molar-refractivity contribution in [2.45, 2.75) is 13.8 Å². The smallest absolute Gasteiger partial charge is 0.0156 e. The van der Waals surface area contributed by atoms with E-state index < -0.39 is 0 Å². The van der Waals surface area contributed by atoms with Crippen molar-refractivity contribution in [3.63, 3.8) is 0 Å². The van der Waals surface area contributed by atoms with Crippen LogP contribution in [-0.2, 0) is 0 Å². The summed E-state index contributed by atoms with van der Waals surface area (Å²) in [7, 11) is 0. The topological polar surface area (TPSA) is 12.0 Å². The predicted molar refractivity (Wildman–Crippen MR) is 83.2 cm³/mol. The fourth-order valence-electron chi connectivity index (χ4n) is 1.02. The van der Waals surface area contributed by atoms with Gasteiger partial charge in [0.15, 0.2) is 0 Å². The molecular formula is C19H13N. The summed E-state index contributed by atoms with van der Waals surface area (Å²) >= 11 is 0. The Labute approximate surface area is 121 Å². The maximum absolute atomic E-state index is 2.94. The van der Waals surface area contributed by atoms with Gasteiger partial charge in [0.05, 0.1) is 0 Å². The van der Waals surface area contributed by atoms with Crippen LogP contribution < -0.4 is 5.32 Å². The van der Waals surface area contributed by atoms with Crippen LogP contribution in [0.3, 0.4) is 0 Å². The fraction of sp³-hybridized carbons (Fsp3) is 0.158. The fourth-order valence-corrected chi connectivity index (χ4v) is 1.02. The van der Waals surface area contributed by atoms with E-state index in [0.29, 0.717) is 5.92 Å². The molecule has 0 saturated heterocycles. The van der Waals surface area contributed by atoms with Gasteiger partial charge in [0.25, 0.3) is 0 Å². The van der Waals surface area contributed by atoms with Crippen LogP contribution in [0.25, 0.3) is 0 Å². The van der Waals surface area contributed by atoms with E-state index in [1.165, 1.54) is 0 Å². The second-order valence-electron chi connectivity index (χ2n) is 3.92. The SMILES string of the molecule is CC(C)C#CC#CC#CC#CC#CC=C1C=CNC=C1. The summed E-state index contributed by atoms with van der Waals surface area (Å²) in [6.45, 7) is 4.02. The van der Waals surface area contributed by atoms with Crippen LogP contribution >= 0.6 is 0 Å². The summed E-state index contributed by atoms with van der Waals surface area (Å²) in [6.07, 6.45) is 9.32. The zero-order valence-electron chi connectivity index (χ0n) is 11.5. The molecule has 94 valence electrons. The molecule has 1 aliphatic rings. The molecule has 1 aliphatic heterocycles. The van der Waals surface area contributed by atoms with Gasteiger partial charge in [-0.05, 0) is 71.2 Å². The number of nitrogens with one attached hydrogen (secondary N) is 1. The van der Waals surface area contributed by atoms with E-state index in [1.54, 1.807) is 6.08 Å². The van der Waals surface area contributed by atoms with Gasteiger partial charge in [0.1, 0.15) is 0 Å². The van der Waals surface area contributed by atoms with Crippen molar-refractivity contribution in [2.24, 2.45) is 5.92 Å². The number of hydrogen-bond acceptors (Lipinski definition) is 1. The molecule has 0 radical (unpaired) electrons. The molecule has 0 spiro atoms. The minimum atomic E-state index is 0.325. The van der Waals surface area contributed by atoms with Crippen LogP contribution in [0, 0.1) is 65.1 Å². The average Bonchev–Trinajstić information content (AvgIpc) is 2.45. The van der Waals surface area contributed by atoms with Gasteiger partial charge in [-0.25, -0.2) is 0 Å². The third kappa shape index (κ3) is 7.99. The first kappa shape index (κ1) is 14.9. The first-order valence-electron chi connectivity index (χ1n) is 6.09. The monoisotopic (exact) mass is 255 g/mol. The molecule has 0 atom stereocenters. The summed E-state index contributed by atoms with van der Waals surface area (Å²) < 4.78 is 0. The van der Waals surface area contributed by atoms with Gasteiger partial charge < -0.3 is 5.32 Å². The Morgan fingerprint density at radius 2 is 1.40 bits per heavy atom. The molecule has 1 N–H and O–H groups in total. The molecule has 0 bridgehead atoms. The van der Waals surface area contributed by atoms with Crippen molar-refractivity contribution in [2.75, 3.05) is 0 Å². The highest BCUT2D eigenvalue weighted by Crippen LogP contribution is 2.00. The molecule has 0 aromatic heterocycles. The zero-order chi connectivity index (χ0) is 14.5. The minimum absolute atomic E-state index is 0.325. The average molecular weight is 255 g/mol. The molecule has 0 amide bonds. The third-order valence-electron chi connectivity index (χ3n) is 1.85. The maximum atomic E-state index is 2.94. The van der Waals surface area contributed by atoms with Crippen molar-refractivity contribution >= 4 is 0 Å². The molecule has 1 heteroatoms. The van der Waals surface area contributed by atoms with Crippen molar-refractivity contribution in [3.05, 3.63) is 36.2 Å². The lowest BCUT2D eigenvalue weighted by Gasteiger charge is -1.97. The van der Waals surface area contributed by atoms with Gasteiger partial charge in [-0.1, -0.05) is 25.7 Å². The second-order valence-corrected chi connectivity index (χ2v) is 3.92. The van der Waals surface area contributed by atoms with Crippen LogP contribution in [0.4, 0.5) is 0 Å². The van der Waals surface area contributed by atoms with Crippen molar-refractivity contribution < 1.29 is 0 Å². The molecular weight excluding hydrogens is 242 g/mol. The summed E-state index contributed by atoms with van der Waals surface area (Å²) in [4.78, 5) is 0. The third-order valence-corrected chi connectivity index (χ3v) is 1.85. The van der Waals surface area contributed by atoms with Crippen LogP contribution in [0.1, 0.15) is 13.8 Å². The van der Waals surface area contributed by atoms with Gasteiger partial charge in [-0.15, -0.1) is 0 Å². The lowest BCUT2D eigenvalue weighted by molar-refractivity contribution is 0.867. The van der Waals surface area contributed by atoms with Gasteiger partial charge in [0.2, 0.25) is 0 Å². The van der Waals surface area contributed by atoms with Gasteiger partial charge in [-0.3, -0.25) is 0 Å². The van der Waals surface area contributed by atoms with Gasteiger partial charge >= 0.3 is 0 Å². The predicted octanol–water partition coefficient (Wildman–Crippen LogP) is 2.22. The molecule has 1 rings (SSSR count). The molecule has 0 aliphatic carbocycles. The van der Waals surface area contributed by atoms with E-state index in [0.717, 1.165) is 5.57 Å². The molecule has 0 aromatic rings. The lowest BCUT2D eigenvalue weighted by Crippen LogP contribution is -1.95. The highest BCUT2D eigenvalue weighted by Gasteiger charge is 1.86. The van der Waals surface area contributed by atoms with E-state index in [-0.39, 0.29) is 0 Å². The van der Waals surface area contributed by atoms with E-state index in [9.17, 15) is 0 Å². The van der Waals surface area contributed by atoms with Crippen LogP contribution in [0.5, 0.6) is 0 Å². The van der Waals surface area contributed by atoms with Crippen molar-refractivity contribution in [1.82, 2.24) is 5.32 Å². The zero-order valence-corrected chi connectivity index (χ0v) is 11.5. The molecule has 1 nitrogen and oxygen atoms in total. The van der Waals surface area contributed by atoms with Crippen LogP contribution in [0.15, 0.2) is 36.2 Å². The Morgan fingerprint density at radius 3 is 2.00 bits per heavy atom. The Kier molecular flexibility index (Phi) is 7.30. The Morgan fingerprint density at radius 1 is 0.850 bits per heavy atom. The van der Waals surface area contributed by atoms with Crippen LogP contribution in [-0.4, -0.2) is 0 Å². The second kappa shape index (κ2) is 9.81. The number of rotatable bonds is 0. The standard InChI is InChI=1S/C19H13N/c1-18(2)12-10-8-6-4-3-5-7-9-11-13-19-14-16-20-17-15-19/h13-18,20H,1-2H3. The molecule has 0 saturated carbocycles. The Balaban J connectivity index is 2.46. The first-order chi connectivity index (χ1) is 9.79. The van der Waals surface area contributed by atoms with Crippen LogP contribution in [0.2, 0.25) is 0 Å². The largest absolute Gasteiger partial charge is 0.368 e. The Hall–Kier alpha value is -3.18. The maximum Gasteiger partial charge on any atom is 0.0156 e. The van der Waals surface area contributed by atoms with E-state index >= 15 is 0 Å². The molecule has 0 unspecified atom stereocenters. The molecule has 20 heavy (non-hydrogen) atoms. The van der Waals surface area contributed by atoms with Gasteiger partial charge in [0, 0.05) is 18.3 Å². The Bertz CT molecular complexity index is 717. The summed E-state index contributed by atoms with van der Waals surface area (Å²) in [6, 6.07) is 0. The van der Waals surface area contributed by atoms with E-state index in [1.807, 2.05) is 38.4 Å². The molecule has 0 fully saturated rings. The number of dihydropyridines is 1. The van der Waals surface area contributed by atoms with E-state index in [4.69, 9.17) is 0 Å². The first-order valence-corrected chi connectivity index (χ1v) is 6.09. The van der Waals surface area contributed by atoms with Crippen molar-refractivity contribution in [1.29, 1.82) is 0 Å².